The molecule has 0 spiro atoms. The summed E-state index contributed by atoms with van der Waals surface area (Å²) in [4.78, 5) is 20.5. The Morgan fingerprint density at radius 2 is 1.97 bits per heavy atom. The van der Waals surface area contributed by atoms with E-state index in [4.69, 9.17) is 9.85 Å². The molecular formula is C23H18F5N5O2. The van der Waals surface area contributed by atoms with Gasteiger partial charge in [-0.15, -0.1) is 0 Å². The third-order valence-electron chi connectivity index (χ3n) is 5.17. The highest BCUT2D eigenvalue weighted by Crippen LogP contribution is 2.33. The van der Waals surface area contributed by atoms with Crippen molar-refractivity contribution in [3.05, 3.63) is 76.9 Å². The van der Waals surface area contributed by atoms with Crippen molar-refractivity contribution in [3.63, 3.8) is 0 Å². The number of anilines is 2. The fourth-order valence-corrected chi connectivity index (χ4v) is 3.55. The SMILES string of the molecule is [2H]C([2H])([2H])c1nc(-c2ccc(NC(=O)C(O)c3cc(F)cc(C(F)(F)F)c3)cc2F)c2c(N)ncc(C)n12. The van der Waals surface area contributed by atoms with Gasteiger partial charge in [-0.2, -0.15) is 13.2 Å². The van der Waals surface area contributed by atoms with Crippen LogP contribution < -0.4 is 11.1 Å². The maximum atomic E-state index is 15.2. The molecule has 4 aromatic rings. The molecule has 4 N–H and O–H groups in total. The fraction of sp³-hybridized carbons (Fsp3) is 0.174. The molecule has 12 heteroatoms. The zero-order valence-electron chi connectivity index (χ0n) is 20.8. The van der Waals surface area contributed by atoms with Gasteiger partial charge in [0.15, 0.2) is 6.10 Å². The van der Waals surface area contributed by atoms with Crippen LogP contribution in [0.15, 0.2) is 42.6 Å². The molecule has 1 amide bonds. The van der Waals surface area contributed by atoms with E-state index in [1.165, 1.54) is 16.7 Å². The van der Waals surface area contributed by atoms with Gasteiger partial charge in [0, 0.05) is 27.3 Å². The van der Waals surface area contributed by atoms with E-state index in [9.17, 15) is 27.5 Å². The van der Waals surface area contributed by atoms with E-state index in [1.54, 1.807) is 6.92 Å². The number of hydrogen-bond donors (Lipinski definition) is 3. The quantitative estimate of drug-likeness (QED) is 0.361. The van der Waals surface area contributed by atoms with Crippen LogP contribution in [0.3, 0.4) is 0 Å². The number of aliphatic hydroxyl groups is 1. The minimum absolute atomic E-state index is 0.0498. The average Bonchev–Trinajstić information content (AvgIpc) is 3.22. The average molecular weight is 494 g/mol. The molecule has 2 aromatic heterocycles. The number of nitrogens with two attached hydrogens (primary N) is 1. The zero-order chi connectivity index (χ0) is 28.2. The van der Waals surface area contributed by atoms with Crippen molar-refractivity contribution in [2.75, 3.05) is 11.1 Å². The Morgan fingerprint density at radius 3 is 2.63 bits per heavy atom. The van der Waals surface area contributed by atoms with Gasteiger partial charge in [-0.25, -0.2) is 18.7 Å². The molecule has 35 heavy (non-hydrogen) atoms. The van der Waals surface area contributed by atoms with Crippen molar-refractivity contribution < 1.29 is 36.0 Å². The maximum absolute atomic E-state index is 15.2. The zero-order valence-corrected chi connectivity index (χ0v) is 17.8. The first-order valence-corrected chi connectivity index (χ1v) is 9.88. The Bertz CT molecular complexity index is 1570. The van der Waals surface area contributed by atoms with Gasteiger partial charge < -0.3 is 16.2 Å². The van der Waals surface area contributed by atoms with Crippen molar-refractivity contribution in [3.8, 4) is 11.3 Å². The summed E-state index contributed by atoms with van der Waals surface area (Å²) in [6.07, 6.45) is -5.79. The molecule has 182 valence electrons. The van der Waals surface area contributed by atoms with Crippen molar-refractivity contribution in [2.24, 2.45) is 0 Å². The number of halogens is 5. The number of aliphatic hydroxyl groups excluding tert-OH is 1. The number of aromatic nitrogens is 3. The number of hydrogen-bond acceptors (Lipinski definition) is 5. The summed E-state index contributed by atoms with van der Waals surface area (Å²) in [5.41, 5.74) is 3.80. The topological polar surface area (TPSA) is 106 Å². The molecule has 0 saturated heterocycles. The first-order chi connectivity index (χ1) is 17.6. The highest BCUT2D eigenvalue weighted by atomic mass is 19.4. The van der Waals surface area contributed by atoms with Gasteiger partial charge in [0.1, 0.15) is 34.5 Å². The Hall–Kier alpha value is -4.06. The third kappa shape index (κ3) is 4.52. The number of nitrogens with one attached hydrogen (secondary N) is 1. The van der Waals surface area contributed by atoms with Crippen LogP contribution in [0.25, 0.3) is 16.8 Å². The molecule has 1 unspecified atom stereocenters. The van der Waals surface area contributed by atoms with Gasteiger partial charge in [-0.05, 0) is 55.7 Å². The number of amides is 1. The molecule has 0 aliphatic carbocycles. The molecule has 7 nitrogen and oxygen atoms in total. The lowest BCUT2D eigenvalue weighted by atomic mass is 10.0. The number of carbonyl (C=O) groups excluding carboxylic acids is 1. The van der Waals surface area contributed by atoms with E-state index in [0.29, 0.717) is 17.8 Å². The number of nitrogen functional groups attached to an aromatic ring is 1. The van der Waals surface area contributed by atoms with Gasteiger partial charge in [-0.1, -0.05) is 0 Å². The van der Waals surface area contributed by atoms with Gasteiger partial charge in [0.25, 0.3) is 5.91 Å². The third-order valence-corrected chi connectivity index (χ3v) is 5.17. The predicted molar refractivity (Wildman–Crippen MR) is 117 cm³/mol. The Balaban J connectivity index is 1.68. The number of aryl methyl sites for hydroxylation is 2. The summed E-state index contributed by atoms with van der Waals surface area (Å²) in [7, 11) is 0. The molecule has 0 aliphatic rings. The summed E-state index contributed by atoms with van der Waals surface area (Å²) in [5, 5.41) is 12.3. The second-order valence-corrected chi connectivity index (χ2v) is 7.61. The van der Waals surface area contributed by atoms with E-state index in [1.807, 2.05) is 0 Å². The number of benzene rings is 2. The van der Waals surface area contributed by atoms with Crippen LogP contribution in [0.2, 0.25) is 0 Å². The predicted octanol–water partition coefficient (Wildman–Crippen LogP) is 4.56. The molecule has 0 radical (unpaired) electrons. The number of imidazole rings is 1. The molecule has 0 saturated carbocycles. The van der Waals surface area contributed by atoms with Crippen LogP contribution in [-0.4, -0.2) is 25.4 Å². The largest absolute Gasteiger partial charge is 0.416 e. The maximum Gasteiger partial charge on any atom is 0.416 e. The molecule has 2 heterocycles. The van der Waals surface area contributed by atoms with Crippen molar-refractivity contribution in [1.82, 2.24) is 14.4 Å². The Morgan fingerprint density at radius 1 is 1.23 bits per heavy atom. The van der Waals surface area contributed by atoms with Crippen molar-refractivity contribution >= 4 is 22.9 Å². The molecule has 1 atom stereocenters. The van der Waals surface area contributed by atoms with Crippen LogP contribution in [-0.2, 0) is 11.0 Å². The van der Waals surface area contributed by atoms with Gasteiger partial charge in [-0.3, -0.25) is 9.20 Å². The van der Waals surface area contributed by atoms with Crippen LogP contribution in [0.4, 0.5) is 33.5 Å². The van der Waals surface area contributed by atoms with E-state index in [2.05, 4.69) is 15.3 Å². The monoisotopic (exact) mass is 494 g/mol. The molecule has 4 rings (SSSR count). The number of alkyl halides is 3. The van der Waals surface area contributed by atoms with Crippen molar-refractivity contribution in [2.45, 2.75) is 26.1 Å². The van der Waals surface area contributed by atoms with Crippen LogP contribution >= 0.6 is 0 Å². The summed E-state index contributed by atoms with van der Waals surface area (Å²) in [5.74, 6) is -4.02. The summed E-state index contributed by atoms with van der Waals surface area (Å²) >= 11 is 0. The van der Waals surface area contributed by atoms with Gasteiger partial charge >= 0.3 is 6.18 Å². The van der Waals surface area contributed by atoms with Crippen LogP contribution in [0.1, 0.15) is 32.9 Å². The normalized spacial score (nSPS) is 14.3. The van der Waals surface area contributed by atoms with E-state index < -0.39 is 47.8 Å². The summed E-state index contributed by atoms with van der Waals surface area (Å²) in [6, 6.07) is 4.37. The number of fused-ring (bicyclic) bond motifs is 1. The molecule has 0 aliphatic heterocycles. The lowest BCUT2D eigenvalue weighted by Gasteiger charge is -2.15. The first kappa shape index (κ1) is 20.3. The summed E-state index contributed by atoms with van der Waals surface area (Å²) in [6.45, 7) is -1.11. The van der Waals surface area contributed by atoms with Crippen LogP contribution in [0, 0.1) is 25.4 Å². The smallest absolute Gasteiger partial charge is 0.382 e. The molecular weight excluding hydrogens is 473 g/mol. The molecule has 0 fully saturated rings. The highest BCUT2D eigenvalue weighted by Gasteiger charge is 2.32. The lowest BCUT2D eigenvalue weighted by molar-refractivity contribution is -0.138. The number of rotatable bonds is 4. The standard InChI is InChI=1S/C23H18F5N5O2/c1-10-9-30-21(29)19-18(31-11(2)33(10)19)16-4-3-15(8-17(16)25)32-22(35)20(34)12-5-13(23(26,27)28)7-14(24)6-12/h3-9,20,34H,1-2H3,(H2,29,30)(H,32,35)/i2D3. The Labute approximate surface area is 199 Å². The van der Waals surface area contributed by atoms with Crippen LogP contribution in [0.5, 0.6) is 0 Å². The lowest BCUT2D eigenvalue weighted by Crippen LogP contribution is -2.21. The minimum atomic E-state index is -4.92. The fourth-order valence-electron chi connectivity index (χ4n) is 3.55. The molecule has 2 aromatic carbocycles. The van der Waals surface area contributed by atoms with E-state index in [0.717, 1.165) is 12.1 Å². The van der Waals surface area contributed by atoms with Gasteiger partial charge in [0.05, 0.1) is 5.56 Å². The second kappa shape index (κ2) is 8.62. The van der Waals surface area contributed by atoms with Gasteiger partial charge in [0.2, 0.25) is 0 Å². The number of carbonyl (C=O) groups is 1. The van der Waals surface area contributed by atoms with Crippen molar-refractivity contribution in [1.29, 1.82) is 0 Å². The highest BCUT2D eigenvalue weighted by molar-refractivity contribution is 5.95. The Kier molecular flexibility index (Phi) is 5.00. The molecule has 0 bridgehead atoms. The van der Waals surface area contributed by atoms with E-state index in [-0.39, 0.29) is 40.2 Å². The first-order valence-electron chi connectivity index (χ1n) is 11.4. The summed E-state index contributed by atoms with van der Waals surface area (Å²) < 4.78 is 92.2. The second-order valence-electron chi connectivity index (χ2n) is 7.61. The number of nitrogens with zero attached hydrogens (tertiary/aromatic N) is 3. The minimum Gasteiger partial charge on any atom is -0.382 e. The van der Waals surface area contributed by atoms with E-state index >= 15 is 4.39 Å².